The summed E-state index contributed by atoms with van der Waals surface area (Å²) in [5.41, 5.74) is 1.24. The summed E-state index contributed by atoms with van der Waals surface area (Å²) in [6, 6.07) is 0. The summed E-state index contributed by atoms with van der Waals surface area (Å²) in [7, 11) is 0. The van der Waals surface area contributed by atoms with E-state index in [1.54, 1.807) is 6.20 Å². The Morgan fingerprint density at radius 2 is 2.86 bits per heavy atom. The number of hydrogen-bond donors (Lipinski definition) is 1. The molecule has 1 rings (SSSR count). The molecule has 0 unspecified atom stereocenters. The van der Waals surface area contributed by atoms with Crippen molar-refractivity contribution in [2.75, 3.05) is 6.54 Å². The summed E-state index contributed by atoms with van der Waals surface area (Å²) >= 11 is 0. The lowest BCUT2D eigenvalue weighted by Crippen LogP contribution is -2.07. The van der Waals surface area contributed by atoms with Crippen LogP contribution in [0.4, 0.5) is 0 Å². The van der Waals surface area contributed by atoms with Gasteiger partial charge in [0.05, 0.1) is 0 Å². The first-order valence-corrected chi connectivity index (χ1v) is 2.39. The van der Waals surface area contributed by atoms with Crippen LogP contribution in [0.25, 0.3) is 0 Å². The first-order chi connectivity index (χ1) is 3.79. The van der Waals surface area contributed by atoms with Crippen LogP contribution in [-0.2, 0) is 0 Å². The van der Waals surface area contributed by atoms with E-state index in [-0.39, 0.29) is 0 Å². The summed E-state index contributed by atoms with van der Waals surface area (Å²) in [5.74, 6) is 0. The highest BCUT2D eigenvalue weighted by Gasteiger charge is 1.84. The molecule has 0 atom stereocenters. The minimum absolute atomic E-state index is 0.725. The largest absolute Gasteiger partial charge is 0.387 e. The molecule has 0 amide bonds. The van der Waals surface area contributed by atoms with Gasteiger partial charge in [-0.25, -0.2) is 0 Å². The van der Waals surface area contributed by atoms with Gasteiger partial charge in [0.1, 0.15) is 0 Å². The lowest BCUT2D eigenvalue weighted by molar-refractivity contribution is 0.958. The Balaban J connectivity index is 2.58. The third-order valence-corrected chi connectivity index (χ3v) is 0.962. The van der Waals surface area contributed by atoms with Crippen LogP contribution >= 0.6 is 0 Å². The third kappa shape index (κ3) is 1.07. The van der Waals surface area contributed by atoms with Crippen LogP contribution in [0.15, 0.2) is 23.9 Å². The molecule has 0 saturated carbocycles. The Kier molecular flexibility index (Phi) is 0.861. The van der Waals surface area contributed by atoms with Gasteiger partial charge in [-0.05, 0) is 19.2 Å². The predicted octanol–water partition coefficient (Wildman–Crippen LogP) is 1.05. The van der Waals surface area contributed by atoms with Gasteiger partial charge in [-0.1, -0.05) is 11.6 Å². The average molecular weight is 96.2 g/mol. The van der Waals surface area contributed by atoms with Gasteiger partial charge < -0.3 is 5.31 Å². The molecule has 0 aromatic carbocycles. The lowest BCUT2D eigenvalue weighted by atomic mass is 10.2. The van der Waals surface area contributed by atoms with Crippen molar-refractivity contribution in [2.24, 2.45) is 0 Å². The molecule has 0 spiro atoms. The van der Waals surface area contributed by atoms with E-state index in [4.69, 9.17) is 1.41 Å². The maximum Gasteiger partial charge on any atom is 0.160 e. The van der Waals surface area contributed by atoms with Gasteiger partial charge in [0.15, 0.2) is 1.41 Å². The Labute approximate surface area is 45.2 Å². The second-order valence-electron chi connectivity index (χ2n) is 1.63. The van der Waals surface area contributed by atoms with Gasteiger partial charge in [-0.2, -0.15) is 0 Å². The minimum atomic E-state index is 0.725. The zero-order chi connectivity index (χ0) is 5.98. The summed E-state index contributed by atoms with van der Waals surface area (Å²) in [4.78, 5) is 0. The van der Waals surface area contributed by atoms with E-state index in [0.29, 0.717) is 0 Å². The third-order valence-electron chi connectivity index (χ3n) is 0.962. The molecule has 1 heterocycles. The van der Waals surface area contributed by atoms with Crippen molar-refractivity contribution in [2.45, 2.75) is 6.92 Å². The van der Waals surface area contributed by atoms with Crippen molar-refractivity contribution >= 4 is 0 Å². The summed E-state index contributed by atoms with van der Waals surface area (Å²) in [6.45, 7) is 2.76. The van der Waals surface area contributed by atoms with Crippen LogP contribution in [0.1, 0.15) is 6.92 Å². The normalized spacial score (nSPS) is 21.6. The van der Waals surface area contributed by atoms with Crippen molar-refractivity contribution in [1.82, 2.24) is 5.31 Å². The molecule has 1 N–H and O–H groups in total. The fourth-order valence-electron chi connectivity index (χ4n) is 0.496. The molecule has 0 aromatic rings. The standard InChI is InChI=1S/C6H9N/c1-6-2-4-7-5-3-6/h2-4,7H,5H2,1H3/i/hD. The van der Waals surface area contributed by atoms with Crippen molar-refractivity contribution in [3.05, 3.63) is 23.9 Å². The molecule has 1 nitrogen and oxygen atoms in total. The highest BCUT2D eigenvalue weighted by Crippen LogP contribution is 1.95. The summed E-state index contributed by atoms with van der Waals surface area (Å²) in [5, 5.41) is 1.40. The molecular weight excluding hydrogens is 86.1 g/mol. The van der Waals surface area contributed by atoms with Crippen molar-refractivity contribution < 1.29 is 1.41 Å². The van der Waals surface area contributed by atoms with E-state index in [1.165, 1.54) is 10.9 Å². The topological polar surface area (TPSA) is 12.0 Å². The highest BCUT2D eigenvalue weighted by atomic mass is 14.8. The van der Waals surface area contributed by atoms with Gasteiger partial charge in [0.25, 0.3) is 0 Å². The number of nitrogens with one attached hydrogen (secondary N) is 1. The second kappa shape index (κ2) is 1.82. The maximum atomic E-state index is 7.06. The van der Waals surface area contributed by atoms with Crippen LogP contribution in [0.2, 0.25) is 1.41 Å². The van der Waals surface area contributed by atoms with Crippen LogP contribution < -0.4 is 5.31 Å². The van der Waals surface area contributed by atoms with E-state index in [2.05, 4.69) is 0 Å². The Bertz CT molecular complexity index is 137. The number of rotatable bonds is 0. The monoisotopic (exact) mass is 96.1 g/mol. The van der Waals surface area contributed by atoms with Crippen LogP contribution in [-0.4, -0.2) is 6.54 Å². The molecule has 0 fully saturated rings. The Morgan fingerprint density at radius 1 is 2.00 bits per heavy atom. The van der Waals surface area contributed by atoms with Gasteiger partial charge >= 0.3 is 0 Å². The van der Waals surface area contributed by atoms with E-state index >= 15 is 0 Å². The Morgan fingerprint density at radius 3 is 3.29 bits per heavy atom. The highest BCUT2D eigenvalue weighted by molar-refractivity contribution is 5.19. The number of hydrogen-bond acceptors (Lipinski definition) is 1. The van der Waals surface area contributed by atoms with E-state index in [9.17, 15) is 0 Å². The zero-order valence-corrected chi connectivity index (χ0v) is 4.39. The second-order valence-corrected chi connectivity index (χ2v) is 1.63. The van der Waals surface area contributed by atoms with Gasteiger partial charge in [-0.15, -0.1) is 0 Å². The number of allylic oxidation sites excluding steroid dienone is 2. The summed E-state index contributed by atoms with van der Waals surface area (Å²) < 4.78 is 7.06. The number of dihydropyridines is 1. The fourth-order valence-corrected chi connectivity index (χ4v) is 0.496. The predicted molar refractivity (Wildman–Crippen MR) is 30.9 cm³/mol. The van der Waals surface area contributed by atoms with E-state index < -0.39 is 0 Å². The lowest BCUT2D eigenvalue weighted by Gasteiger charge is -2.00. The molecule has 1 aliphatic rings. The quantitative estimate of drug-likeness (QED) is 0.475. The smallest absolute Gasteiger partial charge is 0.160 e. The van der Waals surface area contributed by atoms with Crippen molar-refractivity contribution in [3.63, 3.8) is 0 Å². The van der Waals surface area contributed by atoms with Crippen LogP contribution in [0, 0.1) is 0 Å². The molecule has 1 aliphatic heterocycles. The van der Waals surface area contributed by atoms with Gasteiger partial charge in [0, 0.05) is 6.54 Å². The van der Waals surface area contributed by atoms with Gasteiger partial charge in [-0.3, -0.25) is 0 Å². The van der Waals surface area contributed by atoms with Crippen LogP contribution in [0.3, 0.4) is 0 Å². The molecule has 1 heteroatoms. The molecule has 7 heavy (non-hydrogen) atoms. The molecule has 38 valence electrons. The first kappa shape index (κ1) is 3.30. The minimum Gasteiger partial charge on any atom is -0.387 e. The van der Waals surface area contributed by atoms with Gasteiger partial charge in [0.2, 0.25) is 0 Å². The fraction of sp³-hybridized carbons (Fsp3) is 0.333. The molecule has 0 radical (unpaired) electrons. The zero-order valence-electron chi connectivity index (χ0n) is 5.39. The maximum absolute atomic E-state index is 7.06. The molecular formula is C6H9N. The molecule has 0 bridgehead atoms. The van der Waals surface area contributed by atoms with E-state index in [1.807, 2.05) is 19.1 Å². The van der Waals surface area contributed by atoms with Crippen molar-refractivity contribution in [3.8, 4) is 0 Å². The van der Waals surface area contributed by atoms with Crippen LogP contribution in [0.5, 0.6) is 0 Å². The average Bonchev–Trinajstić information content (AvgIpc) is 1.77. The Hall–Kier alpha value is -0.720. The van der Waals surface area contributed by atoms with Crippen molar-refractivity contribution in [1.29, 1.82) is 0 Å². The molecule has 0 aromatic heterocycles. The molecule has 0 aliphatic carbocycles. The molecule has 0 saturated heterocycles. The van der Waals surface area contributed by atoms with E-state index in [0.717, 1.165) is 6.54 Å². The summed E-state index contributed by atoms with van der Waals surface area (Å²) in [6.07, 6.45) is 5.71. The SMILES string of the molecule is [2H]N1C=CC(C)=CC1. The first-order valence-electron chi connectivity index (χ1n) is 2.84.